The van der Waals surface area contributed by atoms with Gasteiger partial charge in [0.05, 0.1) is 0 Å². The molecule has 0 N–H and O–H groups in total. The minimum Gasteiger partial charge on any atom is -0.422 e. The van der Waals surface area contributed by atoms with Gasteiger partial charge in [-0.1, -0.05) is 17.7 Å². The Balaban J connectivity index is 1.83. The van der Waals surface area contributed by atoms with Gasteiger partial charge in [-0.25, -0.2) is 9.18 Å². The lowest BCUT2D eigenvalue weighted by Crippen LogP contribution is -2.02. The summed E-state index contributed by atoms with van der Waals surface area (Å²) in [6.07, 6.45) is 0. The third-order valence-electron chi connectivity index (χ3n) is 3.42. The van der Waals surface area contributed by atoms with E-state index in [4.69, 9.17) is 20.4 Å². The second-order valence-corrected chi connectivity index (χ2v) is 5.49. The Bertz CT molecular complexity index is 1120. The maximum absolute atomic E-state index is 13.3. The summed E-state index contributed by atoms with van der Waals surface area (Å²) in [6, 6.07) is 12.2. The fourth-order valence-electron chi connectivity index (χ4n) is 2.31. The zero-order valence-corrected chi connectivity index (χ0v) is 12.7. The van der Waals surface area contributed by atoms with Crippen LogP contribution in [0.2, 0.25) is 5.02 Å². The average molecular weight is 343 g/mol. The highest BCUT2D eigenvalue weighted by molar-refractivity contribution is 6.31. The highest BCUT2D eigenvalue weighted by Crippen LogP contribution is 2.25. The van der Waals surface area contributed by atoms with Gasteiger partial charge >= 0.3 is 5.63 Å². The highest BCUT2D eigenvalue weighted by atomic mass is 35.5. The summed E-state index contributed by atoms with van der Waals surface area (Å²) in [4.78, 5) is 12.1. The quantitative estimate of drug-likeness (QED) is 0.508. The summed E-state index contributed by atoms with van der Waals surface area (Å²) in [5.41, 5.74) is 0.319. The van der Waals surface area contributed by atoms with Gasteiger partial charge in [0.1, 0.15) is 17.0 Å². The summed E-state index contributed by atoms with van der Waals surface area (Å²) in [5, 5.41) is 8.84. The second kappa shape index (κ2) is 5.58. The van der Waals surface area contributed by atoms with Gasteiger partial charge in [0, 0.05) is 16.0 Å². The van der Waals surface area contributed by atoms with Crippen molar-refractivity contribution in [3.8, 4) is 22.9 Å². The molecule has 118 valence electrons. The molecule has 0 unspecified atom stereocenters. The second-order valence-electron chi connectivity index (χ2n) is 5.05. The van der Waals surface area contributed by atoms with Crippen molar-refractivity contribution >= 4 is 22.6 Å². The largest absolute Gasteiger partial charge is 0.422 e. The molecule has 0 saturated heterocycles. The molecule has 2 heterocycles. The first kappa shape index (κ1) is 14.6. The van der Waals surface area contributed by atoms with Crippen LogP contribution in [0, 0.1) is 5.82 Å². The van der Waals surface area contributed by atoms with Crippen molar-refractivity contribution in [1.82, 2.24) is 10.2 Å². The number of aromatic nitrogens is 2. The molecule has 24 heavy (non-hydrogen) atoms. The van der Waals surface area contributed by atoms with Gasteiger partial charge in [-0.3, -0.25) is 0 Å². The van der Waals surface area contributed by atoms with Gasteiger partial charge in [0.25, 0.3) is 5.89 Å². The molecule has 0 saturated carbocycles. The van der Waals surface area contributed by atoms with Crippen molar-refractivity contribution in [2.45, 2.75) is 0 Å². The third-order valence-corrected chi connectivity index (χ3v) is 3.66. The van der Waals surface area contributed by atoms with Gasteiger partial charge in [0.15, 0.2) is 0 Å². The number of halogens is 2. The first-order valence-corrected chi connectivity index (χ1v) is 7.31. The molecule has 0 amide bonds. The SMILES string of the molecule is O=c1oc2ccc(Cl)cc2cc1-c1nnc(-c2cccc(F)c2)o1. The maximum atomic E-state index is 13.3. The molecule has 0 atom stereocenters. The van der Waals surface area contributed by atoms with E-state index >= 15 is 0 Å². The number of hydrogen-bond acceptors (Lipinski definition) is 5. The molecule has 0 spiro atoms. The molecule has 2 aromatic carbocycles. The Kier molecular flexibility index (Phi) is 3.39. The number of fused-ring (bicyclic) bond motifs is 1. The Labute approximate surface area is 139 Å². The molecule has 4 aromatic rings. The zero-order valence-electron chi connectivity index (χ0n) is 12.0. The summed E-state index contributed by atoms with van der Waals surface area (Å²) in [6.45, 7) is 0. The molecule has 5 nitrogen and oxygen atoms in total. The number of rotatable bonds is 2. The zero-order chi connectivity index (χ0) is 16.7. The van der Waals surface area contributed by atoms with E-state index < -0.39 is 11.4 Å². The fourth-order valence-corrected chi connectivity index (χ4v) is 2.49. The van der Waals surface area contributed by atoms with Crippen molar-refractivity contribution in [2.24, 2.45) is 0 Å². The van der Waals surface area contributed by atoms with Gasteiger partial charge in [0.2, 0.25) is 5.89 Å². The van der Waals surface area contributed by atoms with Crippen LogP contribution in [0.5, 0.6) is 0 Å². The van der Waals surface area contributed by atoms with Crippen LogP contribution < -0.4 is 5.63 Å². The fraction of sp³-hybridized carbons (Fsp3) is 0. The van der Waals surface area contributed by atoms with E-state index in [1.165, 1.54) is 18.2 Å². The highest BCUT2D eigenvalue weighted by Gasteiger charge is 2.16. The van der Waals surface area contributed by atoms with Crippen molar-refractivity contribution in [1.29, 1.82) is 0 Å². The van der Waals surface area contributed by atoms with E-state index in [0.29, 0.717) is 21.6 Å². The molecule has 0 aliphatic carbocycles. The van der Waals surface area contributed by atoms with E-state index in [2.05, 4.69) is 10.2 Å². The topological polar surface area (TPSA) is 69.1 Å². The van der Waals surface area contributed by atoms with Gasteiger partial charge in [-0.05, 0) is 42.5 Å². The molecule has 2 aromatic heterocycles. The number of benzene rings is 2. The number of hydrogen-bond donors (Lipinski definition) is 0. The molecule has 0 radical (unpaired) electrons. The summed E-state index contributed by atoms with van der Waals surface area (Å²) in [5.74, 6) is -0.327. The molecule has 7 heteroatoms. The molecule has 0 bridgehead atoms. The first-order valence-electron chi connectivity index (χ1n) is 6.93. The Morgan fingerprint density at radius 3 is 2.62 bits per heavy atom. The van der Waals surface area contributed by atoms with Crippen molar-refractivity contribution in [3.05, 3.63) is 69.8 Å². The Morgan fingerprint density at radius 1 is 0.958 bits per heavy atom. The smallest absolute Gasteiger partial charge is 0.349 e. The molecule has 0 fully saturated rings. The van der Waals surface area contributed by atoms with Crippen LogP contribution in [0.15, 0.2) is 62.2 Å². The maximum Gasteiger partial charge on any atom is 0.349 e. The molecule has 4 rings (SSSR count). The van der Waals surface area contributed by atoms with E-state index in [-0.39, 0.29) is 17.3 Å². The van der Waals surface area contributed by atoms with Crippen molar-refractivity contribution in [3.63, 3.8) is 0 Å². The third kappa shape index (κ3) is 2.57. The van der Waals surface area contributed by atoms with E-state index in [0.717, 1.165) is 0 Å². The predicted octanol–water partition coefficient (Wildman–Crippen LogP) is 4.30. The number of nitrogens with zero attached hydrogens (tertiary/aromatic N) is 2. The van der Waals surface area contributed by atoms with E-state index in [9.17, 15) is 9.18 Å². The standard InChI is InChI=1S/C17H8ClFN2O3/c18-11-4-5-14-10(6-11)8-13(17(22)23-14)16-21-20-15(24-16)9-2-1-3-12(19)7-9/h1-8H. The van der Waals surface area contributed by atoms with Crippen LogP contribution in [0.1, 0.15) is 0 Å². The van der Waals surface area contributed by atoms with Gasteiger partial charge in [-0.2, -0.15) is 0 Å². The summed E-state index contributed by atoms with van der Waals surface area (Å²) < 4.78 is 24.0. The van der Waals surface area contributed by atoms with Crippen LogP contribution in [0.3, 0.4) is 0 Å². The van der Waals surface area contributed by atoms with Gasteiger partial charge < -0.3 is 8.83 Å². The average Bonchev–Trinajstić information content (AvgIpc) is 3.04. The Hall–Kier alpha value is -2.99. The monoisotopic (exact) mass is 342 g/mol. The van der Waals surface area contributed by atoms with Crippen molar-refractivity contribution < 1.29 is 13.2 Å². The van der Waals surface area contributed by atoms with Crippen LogP contribution >= 0.6 is 11.6 Å². The van der Waals surface area contributed by atoms with Crippen LogP contribution in [-0.4, -0.2) is 10.2 Å². The lowest BCUT2D eigenvalue weighted by Gasteiger charge is -1.99. The van der Waals surface area contributed by atoms with Crippen molar-refractivity contribution in [2.75, 3.05) is 0 Å². The van der Waals surface area contributed by atoms with Crippen LogP contribution in [-0.2, 0) is 0 Å². The minimum absolute atomic E-state index is 0.00936. The van der Waals surface area contributed by atoms with E-state index in [1.54, 1.807) is 30.3 Å². The normalized spacial score (nSPS) is 11.1. The summed E-state index contributed by atoms with van der Waals surface area (Å²) >= 11 is 5.95. The Morgan fingerprint density at radius 2 is 1.79 bits per heavy atom. The van der Waals surface area contributed by atoms with E-state index in [1.807, 2.05) is 0 Å². The lowest BCUT2D eigenvalue weighted by atomic mass is 10.2. The molecular formula is C17H8ClFN2O3. The van der Waals surface area contributed by atoms with Crippen LogP contribution in [0.25, 0.3) is 33.9 Å². The predicted molar refractivity (Wildman–Crippen MR) is 86.2 cm³/mol. The minimum atomic E-state index is -0.612. The molecule has 0 aliphatic heterocycles. The molecular weight excluding hydrogens is 335 g/mol. The molecule has 0 aliphatic rings. The van der Waals surface area contributed by atoms with Gasteiger partial charge in [-0.15, -0.1) is 10.2 Å². The first-order chi connectivity index (χ1) is 11.6. The lowest BCUT2D eigenvalue weighted by molar-refractivity contribution is 0.547. The summed E-state index contributed by atoms with van der Waals surface area (Å²) in [7, 11) is 0. The van der Waals surface area contributed by atoms with Crippen LogP contribution in [0.4, 0.5) is 4.39 Å².